The molecule has 1 heterocycles. The number of allylic oxidation sites excluding steroid dienone is 2. The lowest BCUT2D eigenvalue weighted by Gasteiger charge is -2.39. The molecule has 1 aliphatic heterocycles. The highest BCUT2D eigenvalue weighted by Gasteiger charge is 2.40. The molecule has 1 aliphatic carbocycles. The van der Waals surface area contributed by atoms with E-state index in [1.54, 1.807) is 0 Å². The molecule has 0 aromatic heterocycles. The summed E-state index contributed by atoms with van der Waals surface area (Å²) in [5.41, 5.74) is 5.92. The van der Waals surface area contributed by atoms with Crippen LogP contribution in [-0.4, -0.2) is 11.7 Å². The minimum Gasteiger partial charge on any atom is -0.294 e. The van der Waals surface area contributed by atoms with Gasteiger partial charge in [0.2, 0.25) is 5.91 Å². The Bertz CT molecular complexity index is 976. The molecule has 0 bridgehead atoms. The summed E-state index contributed by atoms with van der Waals surface area (Å²) in [5, 5.41) is 0. The maximum atomic E-state index is 13.3. The predicted octanol–water partition coefficient (Wildman–Crippen LogP) is 5.59. The lowest BCUT2D eigenvalue weighted by molar-refractivity contribution is -0.119. The van der Waals surface area contributed by atoms with Crippen LogP contribution >= 0.6 is 15.9 Å². The summed E-state index contributed by atoms with van der Waals surface area (Å²) in [5.74, 6) is 0.102. The molecule has 0 saturated heterocycles. The number of halogens is 1. The number of carbonyl (C=O) groups is 2. The van der Waals surface area contributed by atoms with Gasteiger partial charge in [0.15, 0.2) is 5.78 Å². The van der Waals surface area contributed by atoms with E-state index in [4.69, 9.17) is 0 Å². The molecule has 0 saturated carbocycles. The van der Waals surface area contributed by atoms with Crippen molar-refractivity contribution in [2.45, 2.75) is 45.4 Å². The van der Waals surface area contributed by atoms with Gasteiger partial charge < -0.3 is 0 Å². The molecular weight excluding hydrogens is 402 g/mol. The van der Waals surface area contributed by atoms with Crippen molar-refractivity contribution in [3.05, 3.63) is 74.9 Å². The molecule has 0 spiro atoms. The zero-order valence-corrected chi connectivity index (χ0v) is 17.2. The van der Waals surface area contributed by atoms with Crippen LogP contribution in [0, 0.1) is 13.8 Å². The number of nitrogens with zero attached hydrogens (tertiary/aromatic N) is 1. The van der Waals surface area contributed by atoms with Gasteiger partial charge in [0.1, 0.15) is 0 Å². The fraction of sp³-hybridized carbons (Fsp3) is 0.304. The fourth-order valence-corrected chi connectivity index (χ4v) is 4.68. The van der Waals surface area contributed by atoms with Crippen LogP contribution in [0.3, 0.4) is 0 Å². The lowest BCUT2D eigenvalue weighted by atomic mass is 9.77. The van der Waals surface area contributed by atoms with E-state index < -0.39 is 0 Å². The largest absolute Gasteiger partial charge is 0.294 e. The molecule has 2 aromatic carbocycles. The van der Waals surface area contributed by atoms with Crippen molar-refractivity contribution in [1.82, 2.24) is 0 Å². The molecule has 138 valence electrons. The number of anilines is 1. The molecule has 4 heteroatoms. The van der Waals surface area contributed by atoms with Gasteiger partial charge in [-0.1, -0.05) is 40.2 Å². The summed E-state index contributed by atoms with van der Waals surface area (Å²) < 4.78 is 0.967. The highest BCUT2D eigenvalue weighted by molar-refractivity contribution is 9.10. The number of hydrogen-bond donors (Lipinski definition) is 0. The summed E-state index contributed by atoms with van der Waals surface area (Å²) in [7, 11) is 0. The first-order valence-corrected chi connectivity index (χ1v) is 10.2. The number of amides is 1. The van der Waals surface area contributed by atoms with Gasteiger partial charge in [-0.3, -0.25) is 14.5 Å². The Morgan fingerprint density at radius 3 is 2.59 bits per heavy atom. The number of Topliss-reactive ketones (excluding diaryl/α,β-unsaturated/α-hetero) is 1. The van der Waals surface area contributed by atoms with Gasteiger partial charge in [-0.2, -0.15) is 0 Å². The molecule has 0 radical (unpaired) electrons. The van der Waals surface area contributed by atoms with Crippen LogP contribution < -0.4 is 4.90 Å². The van der Waals surface area contributed by atoms with E-state index in [0.717, 1.165) is 51.0 Å². The normalized spacial score (nSPS) is 20.1. The first-order valence-electron chi connectivity index (χ1n) is 9.38. The average Bonchev–Trinajstić information content (AvgIpc) is 2.64. The smallest absolute Gasteiger partial charge is 0.232 e. The van der Waals surface area contributed by atoms with E-state index >= 15 is 0 Å². The van der Waals surface area contributed by atoms with Gasteiger partial charge in [0.25, 0.3) is 0 Å². The first-order chi connectivity index (χ1) is 13.0. The van der Waals surface area contributed by atoms with Gasteiger partial charge in [0.05, 0.1) is 5.69 Å². The lowest BCUT2D eigenvalue weighted by Crippen LogP contribution is -2.41. The molecule has 3 nitrogen and oxygen atoms in total. The zero-order chi connectivity index (χ0) is 19.1. The number of benzene rings is 2. The average molecular weight is 424 g/mol. The monoisotopic (exact) mass is 423 g/mol. The van der Waals surface area contributed by atoms with E-state index in [1.165, 1.54) is 0 Å². The molecule has 4 rings (SSSR count). The fourth-order valence-electron chi connectivity index (χ4n) is 4.26. The Kier molecular flexibility index (Phi) is 4.77. The third-order valence-corrected chi connectivity index (χ3v) is 6.24. The third kappa shape index (κ3) is 3.16. The SMILES string of the molecule is Cc1cccc(N2C(=O)CC(c3cccc(Br)c3)C3=C2CCCC3=O)c1C. The van der Waals surface area contributed by atoms with Crippen molar-refractivity contribution in [2.24, 2.45) is 0 Å². The Hall–Kier alpha value is -2.20. The standard InChI is InChI=1S/C23H22BrNO2/c1-14-6-3-9-19(15(14)2)25-20-10-5-11-21(26)23(20)18(13-22(25)27)16-7-4-8-17(24)12-16/h3-4,6-9,12,18H,5,10-11,13H2,1-2H3. The van der Waals surface area contributed by atoms with E-state index in [2.05, 4.69) is 28.9 Å². The molecule has 1 amide bonds. The first kappa shape index (κ1) is 18.2. The van der Waals surface area contributed by atoms with Crippen molar-refractivity contribution in [1.29, 1.82) is 0 Å². The van der Waals surface area contributed by atoms with Crippen molar-refractivity contribution in [3.63, 3.8) is 0 Å². The topological polar surface area (TPSA) is 37.4 Å². The molecule has 27 heavy (non-hydrogen) atoms. The van der Waals surface area contributed by atoms with Gasteiger partial charge in [-0.15, -0.1) is 0 Å². The number of hydrogen-bond acceptors (Lipinski definition) is 2. The van der Waals surface area contributed by atoms with Crippen LogP contribution in [0.2, 0.25) is 0 Å². The molecule has 2 aliphatic rings. The van der Waals surface area contributed by atoms with Crippen LogP contribution in [0.1, 0.15) is 48.3 Å². The molecule has 2 aromatic rings. The van der Waals surface area contributed by atoms with E-state index in [-0.39, 0.29) is 17.6 Å². The van der Waals surface area contributed by atoms with Gasteiger partial charge in [-0.25, -0.2) is 0 Å². The van der Waals surface area contributed by atoms with E-state index in [0.29, 0.717) is 12.8 Å². The molecule has 0 fully saturated rings. The Balaban J connectivity index is 1.90. The highest BCUT2D eigenvalue weighted by atomic mass is 79.9. The molecule has 0 N–H and O–H groups in total. The number of aryl methyl sites for hydroxylation is 1. The van der Waals surface area contributed by atoms with Crippen LogP contribution in [0.25, 0.3) is 0 Å². The third-order valence-electron chi connectivity index (χ3n) is 5.74. The van der Waals surface area contributed by atoms with Gasteiger partial charge >= 0.3 is 0 Å². The van der Waals surface area contributed by atoms with Crippen LogP contribution in [0.4, 0.5) is 5.69 Å². The summed E-state index contributed by atoms with van der Waals surface area (Å²) >= 11 is 3.52. The second-order valence-electron chi connectivity index (χ2n) is 7.40. The Morgan fingerprint density at radius 1 is 1.04 bits per heavy atom. The van der Waals surface area contributed by atoms with E-state index in [9.17, 15) is 9.59 Å². The van der Waals surface area contributed by atoms with Crippen molar-refractivity contribution < 1.29 is 9.59 Å². The minimum atomic E-state index is -0.154. The van der Waals surface area contributed by atoms with Gasteiger partial charge in [-0.05, 0) is 61.6 Å². The molecule has 1 atom stereocenters. The van der Waals surface area contributed by atoms with Crippen molar-refractivity contribution >= 4 is 33.3 Å². The van der Waals surface area contributed by atoms with Crippen LogP contribution in [0.15, 0.2) is 58.2 Å². The van der Waals surface area contributed by atoms with Crippen LogP contribution in [0.5, 0.6) is 0 Å². The molecular formula is C23H22BrNO2. The minimum absolute atomic E-state index is 0.0714. The summed E-state index contributed by atoms with van der Waals surface area (Å²) in [4.78, 5) is 28.0. The number of carbonyl (C=O) groups excluding carboxylic acids is 2. The summed E-state index contributed by atoms with van der Waals surface area (Å²) in [6.07, 6.45) is 2.47. The van der Waals surface area contributed by atoms with Crippen LogP contribution in [-0.2, 0) is 9.59 Å². The number of rotatable bonds is 2. The second-order valence-corrected chi connectivity index (χ2v) is 8.31. The Labute approximate surface area is 168 Å². The maximum Gasteiger partial charge on any atom is 0.232 e. The Morgan fingerprint density at radius 2 is 1.81 bits per heavy atom. The van der Waals surface area contributed by atoms with Crippen molar-refractivity contribution in [2.75, 3.05) is 4.90 Å². The summed E-state index contributed by atoms with van der Waals surface area (Å²) in [6.45, 7) is 4.10. The highest BCUT2D eigenvalue weighted by Crippen LogP contribution is 2.44. The van der Waals surface area contributed by atoms with Gasteiger partial charge in [0, 0.05) is 34.5 Å². The second kappa shape index (κ2) is 7.08. The molecule has 1 unspecified atom stereocenters. The quantitative estimate of drug-likeness (QED) is 0.630. The van der Waals surface area contributed by atoms with E-state index in [1.807, 2.05) is 48.2 Å². The number of ketones is 1. The zero-order valence-electron chi connectivity index (χ0n) is 15.6. The predicted molar refractivity (Wildman–Crippen MR) is 111 cm³/mol. The maximum absolute atomic E-state index is 13.3. The van der Waals surface area contributed by atoms with Crippen molar-refractivity contribution in [3.8, 4) is 0 Å². The summed E-state index contributed by atoms with van der Waals surface area (Å²) in [6, 6.07) is 14.0.